The van der Waals surface area contributed by atoms with Gasteiger partial charge in [-0.1, -0.05) is 18.6 Å². The van der Waals surface area contributed by atoms with Crippen LogP contribution in [0.5, 0.6) is 0 Å². The van der Waals surface area contributed by atoms with E-state index in [9.17, 15) is 0 Å². The molecule has 4 heteroatoms. The molecule has 4 nitrogen and oxygen atoms in total. The normalized spacial score (nSPS) is 16.9. The predicted molar refractivity (Wildman–Crippen MR) is 67.5 cm³/mol. The number of hydrogen-bond acceptors (Lipinski definition) is 2. The van der Waals surface area contributed by atoms with E-state index in [1.54, 1.807) is 0 Å². The Balaban J connectivity index is 1.96. The molecule has 0 aromatic carbocycles. The first-order valence-electron chi connectivity index (χ1n) is 5.94. The molecule has 0 radical (unpaired) electrons. The molecule has 0 heterocycles. The van der Waals surface area contributed by atoms with Crippen molar-refractivity contribution in [3.05, 3.63) is 12.2 Å². The van der Waals surface area contributed by atoms with Crippen LogP contribution >= 0.6 is 0 Å². The molecule has 0 spiro atoms. The van der Waals surface area contributed by atoms with E-state index in [1.807, 2.05) is 6.92 Å². The van der Waals surface area contributed by atoms with Crippen LogP contribution in [0.1, 0.15) is 26.2 Å². The summed E-state index contributed by atoms with van der Waals surface area (Å²) < 4.78 is 5.33. The first kappa shape index (κ1) is 13.0. The summed E-state index contributed by atoms with van der Waals surface area (Å²) in [6.45, 7) is 8.52. The number of nitrogens with zero attached hydrogens (tertiary/aromatic N) is 1. The fourth-order valence-electron chi connectivity index (χ4n) is 1.46. The smallest absolute Gasteiger partial charge is 0.188 e. The largest absolute Gasteiger partial charge is 0.375 e. The van der Waals surface area contributed by atoms with Crippen molar-refractivity contribution in [2.45, 2.75) is 26.2 Å². The Labute approximate surface area is 98.0 Å². The lowest BCUT2D eigenvalue weighted by atomic mass is 9.86. The molecule has 0 amide bonds. The maximum absolute atomic E-state index is 5.71. The number of nitrogens with two attached hydrogens (primary N) is 1. The second kappa shape index (κ2) is 7.28. The minimum absolute atomic E-state index is 0.533. The highest BCUT2D eigenvalue weighted by Gasteiger charge is 2.16. The van der Waals surface area contributed by atoms with E-state index in [0.29, 0.717) is 25.7 Å². The maximum Gasteiger partial charge on any atom is 0.188 e. The second-order valence-electron chi connectivity index (χ2n) is 4.46. The van der Waals surface area contributed by atoms with Gasteiger partial charge in [0.05, 0.1) is 13.2 Å². The molecule has 0 aromatic heterocycles. The zero-order valence-electron chi connectivity index (χ0n) is 10.2. The van der Waals surface area contributed by atoms with Crippen LogP contribution in [-0.2, 0) is 4.74 Å². The SMILES string of the molecule is C=C(C)COCCNC(N)=NCC1CCC1. The van der Waals surface area contributed by atoms with Crippen molar-refractivity contribution in [3.63, 3.8) is 0 Å². The summed E-state index contributed by atoms with van der Waals surface area (Å²) in [6, 6.07) is 0. The number of hydrogen-bond donors (Lipinski definition) is 2. The summed E-state index contributed by atoms with van der Waals surface area (Å²) in [5.74, 6) is 1.30. The van der Waals surface area contributed by atoms with Crippen molar-refractivity contribution in [1.29, 1.82) is 0 Å². The van der Waals surface area contributed by atoms with E-state index < -0.39 is 0 Å². The number of rotatable bonds is 7. The Hall–Kier alpha value is -1.03. The number of guanidine groups is 1. The standard InChI is InChI=1S/C12H23N3O/c1-10(2)9-16-7-6-14-12(13)15-8-11-4-3-5-11/h11H,1,3-9H2,2H3,(H3,13,14,15). The highest BCUT2D eigenvalue weighted by atomic mass is 16.5. The minimum atomic E-state index is 0.533. The van der Waals surface area contributed by atoms with Crippen LogP contribution in [0.3, 0.4) is 0 Å². The van der Waals surface area contributed by atoms with Gasteiger partial charge in [-0.3, -0.25) is 4.99 Å². The molecule has 1 rings (SSSR count). The third-order valence-corrected chi connectivity index (χ3v) is 2.65. The quantitative estimate of drug-likeness (QED) is 0.297. The van der Waals surface area contributed by atoms with Gasteiger partial charge in [0.1, 0.15) is 0 Å². The first-order chi connectivity index (χ1) is 7.68. The lowest BCUT2D eigenvalue weighted by Crippen LogP contribution is -2.35. The Morgan fingerprint density at radius 1 is 1.56 bits per heavy atom. The van der Waals surface area contributed by atoms with Crippen LogP contribution < -0.4 is 11.1 Å². The predicted octanol–water partition coefficient (Wildman–Crippen LogP) is 1.28. The molecule has 0 aliphatic heterocycles. The van der Waals surface area contributed by atoms with Gasteiger partial charge < -0.3 is 15.8 Å². The van der Waals surface area contributed by atoms with Crippen LogP contribution in [0, 0.1) is 5.92 Å². The van der Waals surface area contributed by atoms with Crippen LogP contribution in [-0.4, -0.2) is 32.3 Å². The van der Waals surface area contributed by atoms with Gasteiger partial charge in [0, 0.05) is 13.1 Å². The Bertz CT molecular complexity index is 247. The third-order valence-electron chi connectivity index (χ3n) is 2.65. The molecule has 0 saturated heterocycles. The van der Waals surface area contributed by atoms with Crippen LogP contribution in [0.15, 0.2) is 17.1 Å². The molecular formula is C12H23N3O. The molecule has 3 N–H and O–H groups in total. The van der Waals surface area contributed by atoms with E-state index in [-0.39, 0.29) is 0 Å². The third kappa shape index (κ3) is 5.75. The van der Waals surface area contributed by atoms with E-state index in [4.69, 9.17) is 10.5 Å². The topological polar surface area (TPSA) is 59.6 Å². The van der Waals surface area contributed by atoms with Crippen molar-refractivity contribution in [1.82, 2.24) is 5.32 Å². The monoisotopic (exact) mass is 225 g/mol. The average Bonchev–Trinajstić information content (AvgIpc) is 2.14. The van der Waals surface area contributed by atoms with Crippen LogP contribution in [0.2, 0.25) is 0 Å². The molecule has 0 unspecified atom stereocenters. The number of aliphatic imine (C=N–C) groups is 1. The molecule has 0 bridgehead atoms. The summed E-state index contributed by atoms with van der Waals surface area (Å²) >= 11 is 0. The molecule has 0 aromatic rings. The summed E-state index contributed by atoms with van der Waals surface area (Å²) in [7, 11) is 0. The van der Waals surface area contributed by atoms with Gasteiger partial charge in [-0.15, -0.1) is 0 Å². The zero-order valence-corrected chi connectivity index (χ0v) is 10.2. The van der Waals surface area contributed by atoms with Gasteiger partial charge in [-0.05, 0) is 25.7 Å². The van der Waals surface area contributed by atoms with Crippen molar-refractivity contribution in [2.75, 3.05) is 26.3 Å². The summed E-state index contributed by atoms with van der Waals surface area (Å²) in [6.07, 6.45) is 3.96. The molecule has 1 saturated carbocycles. The molecule has 1 fully saturated rings. The van der Waals surface area contributed by atoms with Gasteiger partial charge >= 0.3 is 0 Å². The zero-order chi connectivity index (χ0) is 11.8. The van der Waals surface area contributed by atoms with E-state index in [2.05, 4.69) is 16.9 Å². The van der Waals surface area contributed by atoms with E-state index in [0.717, 1.165) is 18.0 Å². The molecule has 16 heavy (non-hydrogen) atoms. The molecule has 1 aliphatic rings. The van der Waals surface area contributed by atoms with Gasteiger partial charge in [0.15, 0.2) is 5.96 Å². The van der Waals surface area contributed by atoms with Crippen molar-refractivity contribution >= 4 is 5.96 Å². The van der Waals surface area contributed by atoms with Gasteiger partial charge in [-0.25, -0.2) is 0 Å². The van der Waals surface area contributed by atoms with Gasteiger partial charge in [0.25, 0.3) is 0 Å². The highest BCUT2D eigenvalue weighted by molar-refractivity contribution is 5.77. The molecular weight excluding hydrogens is 202 g/mol. The van der Waals surface area contributed by atoms with Crippen molar-refractivity contribution < 1.29 is 4.74 Å². The number of ether oxygens (including phenoxy) is 1. The lowest BCUT2D eigenvalue weighted by molar-refractivity contribution is 0.161. The van der Waals surface area contributed by atoms with Crippen molar-refractivity contribution in [3.8, 4) is 0 Å². The van der Waals surface area contributed by atoms with Crippen molar-refractivity contribution in [2.24, 2.45) is 16.6 Å². The summed E-state index contributed by atoms with van der Waals surface area (Å²) in [4.78, 5) is 4.29. The molecule has 1 aliphatic carbocycles. The maximum atomic E-state index is 5.71. The Morgan fingerprint density at radius 2 is 2.31 bits per heavy atom. The summed E-state index contributed by atoms with van der Waals surface area (Å²) in [5, 5.41) is 3.03. The van der Waals surface area contributed by atoms with E-state index in [1.165, 1.54) is 19.3 Å². The van der Waals surface area contributed by atoms with E-state index >= 15 is 0 Å². The average molecular weight is 225 g/mol. The molecule has 92 valence electrons. The van der Waals surface area contributed by atoms with Crippen LogP contribution in [0.25, 0.3) is 0 Å². The highest BCUT2D eigenvalue weighted by Crippen LogP contribution is 2.26. The lowest BCUT2D eigenvalue weighted by Gasteiger charge is -2.23. The van der Waals surface area contributed by atoms with Crippen LogP contribution in [0.4, 0.5) is 0 Å². The molecule has 0 atom stereocenters. The first-order valence-corrected chi connectivity index (χ1v) is 5.94. The number of nitrogens with one attached hydrogen (secondary N) is 1. The second-order valence-corrected chi connectivity index (χ2v) is 4.46. The fourth-order valence-corrected chi connectivity index (χ4v) is 1.46. The Morgan fingerprint density at radius 3 is 2.88 bits per heavy atom. The Kier molecular flexibility index (Phi) is 5.93. The summed E-state index contributed by atoms with van der Waals surface area (Å²) in [5.41, 5.74) is 6.74. The van der Waals surface area contributed by atoms with Gasteiger partial charge in [-0.2, -0.15) is 0 Å². The minimum Gasteiger partial charge on any atom is -0.375 e. The fraction of sp³-hybridized carbons (Fsp3) is 0.750. The van der Waals surface area contributed by atoms with Gasteiger partial charge in [0.2, 0.25) is 0 Å².